The van der Waals surface area contributed by atoms with E-state index in [4.69, 9.17) is 4.98 Å². The van der Waals surface area contributed by atoms with Gasteiger partial charge in [-0.15, -0.1) is 0 Å². The number of fused-ring (bicyclic) bond motifs is 1. The highest BCUT2D eigenvalue weighted by Gasteiger charge is 2.15. The third kappa shape index (κ3) is 3.52. The van der Waals surface area contributed by atoms with Crippen LogP contribution in [-0.4, -0.2) is 10.9 Å². The number of amides is 1. The van der Waals surface area contributed by atoms with Gasteiger partial charge in [0.05, 0.1) is 16.8 Å². The Morgan fingerprint density at radius 2 is 1.61 bits per heavy atom. The minimum atomic E-state index is -0.129. The Labute approximate surface area is 165 Å². The van der Waals surface area contributed by atoms with Gasteiger partial charge in [0.25, 0.3) is 5.91 Å². The molecule has 0 aliphatic heterocycles. The van der Waals surface area contributed by atoms with Crippen molar-refractivity contribution in [2.45, 2.75) is 20.8 Å². The Hall–Kier alpha value is -3.46. The van der Waals surface area contributed by atoms with Gasteiger partial charge in [0.2, 0.25) is 0 Å². The topological polar surface area (TPSA) is 42.0 Å². The van der Waals surface area contributed by atoms with Crippen molar-refractivity contribution in [1.29, 1.82) is 0 Å². The largest absolute Gasteiger partial charge is 0.322 e. The first-order valence-corrected chi connectivity index (χ1v) is 9.37. The van der Waals surface area contributed by atoms with Crippen LogP contribution in [0.25, 0.3) is 22.2 Å². The number of aromatic nitrogens is 1. The molecule has 0 fully saturated rings. The maximum Gasteiger partial charge on any atom is 0.256 e. The van der Waals surface area contributed by atoms with Gasteiger partial charge >= 0.3 is 0 Å². The van der Waals surface area contributed by atoms with Crippen LogP contribution < -0.4 is 5.32 Å². The monoisotopic (exact) mass is 366 g/mol. The summed E-state index contributed by atoms with van der Waals surface area (Å²) in [6, 6.07) is 23.8. The van der Waals surface area contributed by atoms with Crippen LogP contribution in [0.5, 0.6) is 0 Å². The van der Waals surface area contributed by atoms with Gasteiger partial charge in [-0.25, -0.2) is 4.98 Å². The van der Waals surface area contributed by atoms with E-state index in [2.05, 4.69) is 37.4 Å². The molecule has 0 radical (unpaired) electrons. The molecule has 28 heavy (non-hydrogen) atoms. The highest BCUT2D eigenvalue weighted by atomic mass is 16.1. The van der Waals surface area contributed by atoms with Crippen LogP contribution in [0, 0.1) is 20.8 Å². The van der Waals surface area contributed by atoms with Crippen LogP contribution in [0.15, 0.2) is 72.8 Å². The van der Waals surface area contributed by atoms with Crippen LogP contribution in [0.4, 0.5) is 5.69 Å². The standard InChI is InChI=1S/C25H22N2O/c1-16-7-6-8-19(14-16)26-25(28)22-15-24(20-12-11-17(2)13-18(20)3)27-23-10-5-4-9-21(22)23/h4-15H,1-3H3,(H,26,28). The van der Waals surface area contributed by atoms with Gasteiger partial charge in [0, 0.05) is 16.6 Å². The molecule has 0 saturated carbocycles. The van der Waals surface area contributed by atoms with Crippen LogP contribution >= 0.6 is 0 Å². The summed E-state index contributed by atoms with van der Waals surface area (Å²) >= 11 is 0. The molecule has 0 bridgehead atoms. The van der Waals surface area contributed by atoms with E-state index in [1.165, 1.54) is 5.56 Å². The summed E-state index contributed by atoms with van der Waals surface area (Å²) in [5.74, 6) is -0.129. The number of hydrogen-bond acceptors (Lipinski definition) is 2. The van der Waals surface area contributed by atoms with Crippen LogP contribution in [0.1, 0.15) is 27.0 Å². The summed E-state index contributed by atoms with van der Waals surface area (Å²) in [7, 11) is 0. The molecule has 3 heteroatoms. The number of rotatable bonds is 3. The van der Waals surface area contributed by atoms with Crippen molar-refractivity contribution in [3.8, 4) is 11.3 Å². The number of carbonyl (C=O) groups excluding carboxylic acids is 1. The second-order valence-corrected chi connectivity index (χ2v) is 7.21. The lowest BCUT2D eigenvalue weighted by Crippen LogP contribution is -2.13. The minimum absolute atomic E-state index is 0.129. The lowest BCUT2D eigenvalue weighted by atomic mass is 9.99. The zero-order valence-corrected chi connectivity index (χ0v) is 16.3. The second kappa shape index (κ2) is 7.28. The van der Waals surface area contributed by atoms with Crippen molar-refractivity contribution in [3.05, 3.63) is 95.1 Å². The van der Waals surface area contributed by atoms with E-state index in [0.717, 1.165) is 39.0 Å². The van der Waals surface area contributed by atoms with Crippen LogP contribution in [0.3, 0.4) is 0 Å². The van der Waals surface area contributed by atoms with Crippen LogP contribution in [0.2, 0.25) is 0 Å². The Balaban J connectivity index is 1.83. The van der Waals surface area contributed by atoms with Crippen LogP contribution in [-0.2, 0) is 0 Å². The van der Waals surface area contributed by atoms with E-state index >= 15 is 0 Å². The summed E-state index contributed by atoms with van der Waals surface area (Å²) in [5.41, 5.74) is 7.54. The van der Waals surface area contributed by atoms with Gasteiger partial charge in [0.1, 0.15) is 0 Å². The number of aryl methyl sites for hydroxylation is 3. The molecule has 0 aliphatic carbocycles. The molecule has 0 unspecified atom stereocenters. The molecule has 1 amide bonds. The van der Waals surface area contributed by atoms with Gasteiger partial charge in [-0.05, 0) is 56.2 Å². The normalized spacial score (nSPS) is 10.8. The molecule has 1 heterocycles. The fourth-order valence-corrected chi connectivity index (χ4v) is 3.52. The molecular weight excluding hydrogens is 344 g/mol. The van der Waals surface area contributed by atoms with Gasteiger partial charge < -0.3 is 5.32 Å². The summed E-state index contributed by atoms with van der Waals surface area (Å²) in [6.45, 7) is 6.16. The maximum atomic E-state index is 13.1. The number of hydrogen-bond donors (Lipinski definition) is 1. The number of nitrogens with one attached hydrogen (secondary N) is 1. The van der Waals surface area contributed by atoms with Gasteiger partial charge in [-0.1, -0.05) is 54.1 Å². The molecule has 1 aromatic heterocycles. The van der Waals surface area contributed by atoms with E-state index in [0.29, 0.717) is 5.56 Å². The van der Waals surface area contributed by atoms with Crippen molar-refractivity contribution in [2.75, 3.05) is 5.32 Å². The SMILES string of the molecule is Cc1cccc(NC(=O)c2cc(-c3ccc(C)cc3C)nc3ccccc23)c1. The number of pyridine rings is 1. The number of anilines is 1. The van der Waals surface area contributed by atoms with E-state index < -0.39 is 0 Å². The van der Waals surface area contributed by atoms with E-state index in [1.54, 1.807) is 0 Å². The lowest BCUT2D eigenvalue weighted by Gasteiger charge is -2.12. The lowest BCUT2D eigenvalue weighted by molar-refractivity contribution is 0.102. The van der Waals surface area contributed by atoms with Crippen molar-refractivity contribution in [2.24, 2.45) is 0 Å². The molecular formula is C25H22N2O. The summed E-state index contributed by atoms with van der Waals surface area (Å²) in [5, 5.41) is 3.88. The second-order valence-electron chi connectivity index (χ2n) is 7.21. The molecule has 1 N–H and O–H groups in total. The Kier molecular flexibility index (Phi) is 4.66. The predicted molar refractivity (Wildman–Crippen MR) is 116 cm³/mol. The molecule has 0 spiro atoms. The number of carbonyl (C=O) groups is 1. The van der Waals surface area contributed by atoms with Crippen molar-refractivity contribution in [1.82, 2.24) is 4.98 Å². The third-order valence-corrected chi connectivity index (χ3v) is 4.89. The van der Waals surface area contributed by atoms with Gasteiger partial charge in [0.15, 0.2) is 0 Å². The molecule has 4 rings (SSSR count). The molecule has 3 aromatic carbocycles. The Bertz CT molecular complexity index is 1190. The highest BCUT2D eigenvalue weighted by molar-refractivity contribution is 6.13. The first kappa shape index (κ1) is 17.9. The van der Waals surface area contributed by atoms with E-state index in [-0.39, 0.29) is 5.91 Å². The van der Waals surface area contributed by atoms with Gasteiger partial charge in [-0.2, -0.15) is 0 Å². The first-order chi connectivity index (χ1) is 13.5. The zero-order chi connectivity index (χ0) is 19.7. The van der Waals surface area contributed by atoms with Crippen molar-refractivity contribution >= 4 is 22.5 Å². The smallest absolute Gasteiger partial charge is 0.256 e. The maximum absolute atomic E-state index is 13.1. The van der Waals surface area contributed by atoms with E-state index in [1.807, 2.05) is 61.5 Å². The van der Waals surface area contributed by atoms with Crippen molar-refractivity contribution < 1.29 is 4.79 Å². The first-order valence-electron chi connectivity index (χ1n) is 9.37. The Morgan fingerprint density at radius 1 is 0.821 bits per heavy atom. The molecule has 138 valence electrons. The average molecular weight is 366 g/mol. The minimum Gasteiger partial charge on any atom is -0.322 e. The quantitative estimate of drug-likeness (QED) is 0.477. The third-order valence-electron chi connectivity index (χ3n) is 4.89. The number of nitrogens with zero attached hydrogens (tertiary/aromatic N) is 1. The highest BCUT2D eigenvalue weighted by Crippen LogP contribution is 2.28. The fraction of sp³-hybridized carbons (Fsp3) is 0.120. The molecule has 0 aliphatic rings. The summed E-state index contributed by atoms with van der Waals surface area (Å²) < 4.78 is 0. The fourth-order valence-electron chi connectivity index (χ4n) is 3.52. The van der Waals surface area contributed by atoms with Gasteiger partial charge in [-0.3, -0.25) is 4.79 Å². The van der Waals surface area contributed by atoms with E-state index in [9.17, 15) is 4.79 Å². The molecule has 3 nitrogen and oxygen atoms in total. The molecule has 4 aromatic rings. The summed E-state index contributed by atoms with van der Waals surface area (Å²) in [6.07, 6.45) is 0. The van der Waals surface area contributed by atoms with Crippen molar-refractivity contribution in [3.63, 3.8) is 0 Å². The Morgan fingerprint density at radius 3 is 2.39 bits per heavy atom. The molecule has 0 saturated heterocycles. The summed E-state index contributed by atoms with van der Waals surface area (Å²) in [4.78, 5) is 17.9. The predicted octanol–water partition coefficient (Wildman–Crippen LogP) is 6.08. The zero-order valence-electron chi connectivity index (χ0n) is 16.3. The average Bonchev–Trinajstić information content (AvgIpc) is 2.67. The molecule has 0 atom stereocenters. The number of benzene rings is 3. The number of para-hydroxylation sites is 1.